The molecule has 0 atom stereocenters. The Morgan fingerprint density at radius 1 is 1.03 bits per heavy atom. The summed E-state index contributed by atoms with van der Waals surface area (Å²) in [6.45, 7) is 5.43. The third kappa shape index (κ3) is 5.66. The number of nitrogens with zero attached hydrogens (tertiary/aromatic N) is 1. The van der Waals surface area contributed by atoms with Crippen LogP contribution < -0.4 is 15.4 Å². The lowest BCUT2D eigenvalue weighted by Crippen LogP contribution is -2.44. The number of anilines is 2. The quantitative estimate of drug-likeness (QED) is 0.444. The third-order valence-electron chi connectivity index (χ3n) is 4.33. The van der Waals surface area contributed by atoms with Crippen molar-refractivity contribution in [3.63, 3.8) is 0 Å². The molecule has 0 spiro atoms. The van der Waals surface area contributed by atoms with E-state index in [1.165, 1.54) is 19.2 Å². The van der Waals surface area contributed by atoms with E-state index in [2.05, 4.69) is 15.6 Å². The summed E-state index contributed by atoms with van der Waals surface area (Å²) in [5, 5.41) is 5.80. The molecule has 3 rings (SSSR count). The van der Waals surface area contributed by atoms with E-state index in [0.29, 0.717) is 17.3 Å². The number of Topliss-reactive ketones (excluding diaryl/α,β-unsaturated/α-hetero) is 1. The second-order valence-corrected chi connectivity index (χ2v) is 8.01. The predicted octanol–water partition coefficient (Wildman–Crippen LogP) is 4.74. The summed E-state index contributed by atoms with van der Waals surface area (Å²) >= 11 is 0. The maximum atomic E-state index is 13.5. The van der Waals surface area contributed by atoms with E-state index in [1.54, 1.807) is 48.7 Å². The first-order chi connectivity index (χ1) is 14.7. The molecule has 1 heterocycles. The van der Waals surface area contributed by atoms with E-state index in [-0.39, 0.29) is 11.4 Å². The molecule has 160 valence electrons. The largest absolute Gasteiger partial charge is 0.496 e. The third-order valence-corrected chi connectivity index (χ3v) is 4.33. The Morgan fingerprint density at radius 2 is 1.81 bits per heavy atom. The number of pyridine rings is 1. The highest BCUT2D eigenvalue weighted by Crippen LogP contribution is 2.32. The minimum Gasteiger partial charge on any atom is -0.496 e. The molecule has 1 amide bonds. The average Bonchev–Trinajstić information content (AvgIpc) is 2.72. The van der Waals surface area contributed by atoms with Gasteiger partial charge in [-0.25, -0.2) is 9.37 Å². The fourth-order valence-electron chi connectivity index (χ4n) is 2.98. The van der Waals surface area contributed by atoms with Crippen molar-refractivity contribution < 1.29 is 18.7 Å². The number of aromatic nitrogens is 1. The number of nitrogens with one attached hydrogen (secondary N) is 2. The number of ketones is 1. The van der Waals surface area contributed by atoms with E-state index in [1.807, 2.05) is 20.8 Å². The number of amides is 1. The van der Waals surface area contributed by atoms with Gasteiger partial charge in [0, 0.05) is 34.6 Å². The highest BCUT2D eigenvalue weighted by Gasteiger charge is 2.21. The number of ether oxygens (including phenoxy) is 1. The molecular weight excluding hydrogens is 397 g/mol. The summed E-state index contributed by atoms with van der Waals surface area (Å²) < 4.78 is 18.8. The molecule has 0 aliphatic rings. The lowest BCUT2D eigenvalue weighted by Gasteiger charge is -2.19. The normalized spacial score (nSPS) is 11.0. The van der Waals surface area contributed by atoms with Gasteiger partial charge in [-0.05, 0) is 62.7 Å². The molecule has 6 nitrogen and oxygen atoms in total. The molecule has 2 N–H and O–H groups in total. The molecule has 0 unspecified atom stereocenters. The zero-order valence-corrected chi connectivity index (χ0v) is 17.8. The monoisotopic (exact) mass is 421 g/mol. The van der Waals surface area contributed by atoms with Gasteiger partial charge in [-0.1, -0.05) is 12.1 Å². The van der Waals surface area contributed by atoms with Crippen molar-refractivity contribution in [1.29, 1.82) is 0 Å². The molecule has 0 saturated heterocycles. The van der Waals surface area contributed by atoms with Crippen LogP contribution in [0.5, 0.6) is 5.75 Å². The molecular formula is C24H24FN3O3. The van der Waals surface area contributed by atoms with Crippen LogP contribution in [0, 0.1) is 5.82 Å². The van der Waals surface area contributed by atoms with Crippen LogP contribution >= 0.6 is 0 Å². The molecule has 0 aliphatic heterocycles. The van der Waals surface area contributed by atoms with E-state index >= 15 is 0 Å². The van der Waals surface area contributed by atoms with E-state index in [9.17, 15) is 14.0 Å². The number of methoxy groups -OCH3 is 1. The highest BCUT2D eigenvalue weighted by atomic mass is 19.1. The second-order valence-electron chi connectivity index (χ2n) is 8.01. The Hall–Kier alpha value is -3.74. The number of hydrogen-bond donors (Lipinski definition) is 2. The fraction of sp³-hybridized carbons (Fsp3) is 0.208. The second kappa shape index (κ2) is 8.95. The Morgan fingerprint density at radius 3 is 2.52 bits per heavy atom. The van der Waals surface area contributed by atoms with E-state index in [0.717, 1.165) is 11.1 Å². The number of benzene rings is 2. The van der Waals surface area contributed by atoms with Crippen molar-refractivity contribution in [2.75, 3.05) is 12.4 Å². The zero-order chi connectivity index (χ0) is 22.6. The van der Waals surface area contributed by atoms with Crippen LogP contribution in [0.1, 0.15) is 31.1 Å². The van der Waals surface area contributed by atoms with Crippen LogP contribution in [0.3, 0.4) is 0 Å². The lowest BCUT2D eigenvalue weighted by molar-refractivity contribution is -0.118. The Labute approximate surface area is 180 Å². The molecule has 1 aromatic heterocycles. The summed E-state index contributed by atoms with van der Waals surface area (Å²) in [5.41, 5.74) is 1.87. The number of carbonyl (C=O) groups is 2. The first-order valence-corrected chi connectivity index (χ1v) is 9.70. The molecule has 0 aliphatic carbocycles. The molecule has 3 aromatic rings. The summed E-state index contributed by atoms with van der Waals surface area (Å²) in [7, 11) is 1.48. The van der Waals surface area contributed by atoms with Gasteiger partial charge < -0.3 is 15.4 Å². The number of hydrogen-bond acceptors (Lipinski definition) is 5. The van der Waals surface area contributed by atoms with Crippen LogP contribution in [-0.2, 0) is 4.79 Å². The highest BCUT2D eigenvalue weighted by molar-refractivity contribution is 6.43. The van der Waals surface area contributed by atoms with Gasteiger partial charge in [0.05, 0.1) is 7.11 Å². The van der Waals surface area contributed by atoms with E-state index < -0.39 is 17.2 Å². The molecule has 0 fully saturated rings. The van der Waals surface area contributed by atoms with E-state index in [4.69, 9.17) is 4.74 Å². The summed E-state index contributed by atoms with van der Waals surface area (Å²) in [5.74, 6) is -0.725. The number of rotatable bonds is 6. The Kier molecular flexibility index (Phi) is 6.34. The van der Waals surface area contributed by atoms with Gasteiger partial charge in [-0.3, -0.25) is 9.59 Å². The average molecular weight is 421 g/mol. The van der Waals surface area contributed by atoms with Crippen LogP contribution in [0.25, 0.3) is 11.1 Å². The van der Waals surface area contributed by atoms with Crippen LogP contribution in [0.2, 0.25) is 0 Å². The molecule has 7 heteroatoms. The van der Waals surface area contributed by atoms with Crippen LogP contribution in [-0.4, -0.2) is 29.3 Å². The summed E-state index contributed by atoms with van der Waals surface area (Å²) in [4.78, 5) is 28.9. The van der Waals surface area contributed by atoms with Crippen molar-refractivity contribution in [2.24, 2.45) is 0 Å². The maximum absolute atomic E-state index is 13.5. The first-order valence-electron chi connectivity index (χ1n) is 9.70. The molecule has 0 radical (unpaired) electrons. The van der Waals surface area contributed by atoms with Gasteiger partial charge in [0.1, 0.15) is 17.4 Å². The van der Waals surface area contributed by atoms with Gasteiger partial charge in [0.15, 0.2) is 0 Å². The van der Waals surface area contributed by atoms with Gasteiger partial charge in [0.2, 0.25) is 5.78 Å². The minimum absolute atomic E-state index is 0.267. The standard InChI is InChI=1S/C24H24FN3O3/c1-24(2,3)28-23(30)22(29)16-6-5-7-18(12-16)27-21-13-15(10-11-26-21)19-9-8-17(25)14-20(19)31-4/h5-14H,1-4H3,(H,26,27)(H,28,30). The van der Waals surface area contributed by atoms with Crippen molar-refractivity contribution in [1.82, 2.24) is 10.3 Å². The molecule has 0 bridgehead atoms. The van der Waals surface area contributed by atoms with Crippen molar-refractivity contribution in [3.05, 3.63) is 72.2 Å². The van der Waals surface area contributed by atoms with Gasteiger partial charge >= 0.3 is 0 Å². The van der Waals surface area contributed by atoms with Gasteiger partial charge in [-0.2, -0.15) is 0 Å². The van der Waals surface area contributed by atoms with Gasteiger partial charge in [0.25, 0.3) is 5.91 Å². The fourth-order valence-corrected chi connectivity index (χ4v) is 2.98. The van der Waals surface area contributed by atoms with Gasteiger partial charge in [-0.15, -0.1) is 0 Å². The Balaban J connectivity index is 1.83. The SMILES string of the molecule is COc1cc(F)ccc1-c1ccnc(Nc2cccc(C(=O)C(=O)NC(C)(C)C)c2)c1. The molecule has 2 aromatic carbocycles. The number of carbonyl (C=O) groups excluding carboxylic acids is 2. The maximum Gasteiger partial charge on any atom is 0.292 e. The first kappa shape index (κ1) is 22.0. The van der Waals surface area contributed by atoms with Crippen LogP contribution in [0.4, 0.5) is 15.9 Å². The predicted molar refractivity (Wildman–Crippen MR) is 118 cm³/mol. The lowest BCUT2D eigenvalue weighted by atomic mass is 10.1. The topological polar surface area (TPSA) is 80.3 Å². The van der Waals surface area contributed by atoms with Crippen LogP contribution in [0.15, 0.2) is 60.8 Å². The Bertz CT molecular complexity index is 1120. The zero-order valence-electron chi connectivity index (χ0n) is 17.8. The summed E-state index contributed by atoms with van der Waals surface area (Å²) in [6.07, 6.45) is 1.62. The minimum atomic E-state index is -0.659. The summed E-state index contributed by atoms with van der Waals surface area (Å²) in [6, 6.07) is 14.5. The smallest absolute Gasteiger partial charge is 0.292 e. The van der Waals surface area contributed by atoms with Crippen molar-refractivity contribution >= 4 is 23.2 Å². The van der Waals surface area contributed by atoms with Crippen molar-refractivity contribution in [2.45, 2.75) is 26.3 Å². The number of halogens is 1. The van der Waals surface area contributed by atoms with Crippen molar-refractivity contribution in [3.8, 4) is 16.9 Å². The molecule has 31 heavy (non-hydrogen) atoms. The molecule has 0 saturated carbocycles.